The first-order chi connectivity index (χ1) is 14.6. The van der Waals surface area contributed by atoms with Crippen molar-refractivity contribution < 1.29 is 9.18 Å². The quantitative estimate of drug-likeness (QED) is 0.400. The molecule has 1 aromatic heterocycles. The lowest BCUT2D eigenvalue weighted by Crippen LogP contribution is -2.17. The van der Waals surface area contributed by atoms with Gasteiger partial charge in [-0.1, -0.05) is 30.3 Å². The molecule has 1 amide bonds. The van der Waals surface area contributed by atoms with E-state index in [4.69, 9.17) is 5.26 Å². The molecule has 6 heteroatoms. The molecule has 0 saturated carbocycles. The molecule has 0 fully saturated rings. The molecule has 0 unspecified atom stereocenters. The minimum Gasteiger partial charge on any atom is -0.342 e. The summed E-state index contributed by atoms with van der Waals surface area (Å²) in [6.45, 7) is 0.603. The van der Waals surface area contributed by atoms with Gasteiger partial charge in [0.25, 0.3) is 5.91 Å². The van der Waals surface area contributed by atoms with Crippen LogP contribution >= 0.6 is 0 Å². The number of benzene rings is 3. The van der Waals surface area contributed by atoms with E-state index in [-0.39, 0.29) is 0 Å². The van der Waals surface area contributed by atoms with Gasteiger partial charge in [0, 0.05) is 34.8 Å². The Morgan fingerprint density at radius 1 is 1.10 bits per heavy atom. The number of nitrogens with one attached hydrogen (secondary N) is 1. The average Bonchev–Trinajstić information content (AvgIpc) is 3.12. The zero-order chi connectivity index (χ0) is 20.9. The number of carbonyl (C=O) groups is 1. The van der Waals surface area contributed by atoms with E-state index < -0.39 is 11.7 Å². The van der Waals surface area contributed by atoms with Crippen LogP contribution in [0.25, 0.3) is 10.9 Å². The number of hydrazone groups is 1. The number of hydrogen-bond donors (Lipinski definition) is 1. The fourth-order valence-electron chi connectivity index (χ4n) is 3.27. The van der Waals surface area contributed by atoms with E-state index in [2.05, 4.69) is 21.2 Å². The highest BCUT2D eigenvalue weighted by Gasteiger charge is 2.08. The predicted molar refractivity (Wildman–Crippen MR) is 114 cm³/mol. The van der Waals surface area contributed by atoms with Crippen LogP contribution in [0, 0.1) is 17.1 Å². The van der Waals surface area contributed by atoms with Crippen molar-refractivity contribution in [2.45, 2.75) is 6.54 Å². The van der Waals surface area contributed by atoms with Gasteiger partial charge in [-0.25, -0.2) is 9.82 Å². The van der Waals surface area contributed by atoms with E-state index in [9.17, 15) is 9.18 Å². The van der Waals surface area contributed by atoms with Gasteiger partial charge in [0.2, 0.25) is 0 Å². The molecule has 4 aromatic rings. The van der Waals surface area contributed by atoms with Crippen molar-refractivity contribution in [2.24, 2.45) is 5.10 Å². The molecule has 1 N–H and O–H groups in total. The minimum atomic E-state index is -0.414. The lowest BCUT2D eigenvalue weighted by atomic mass is 10.1. The van der Waals surface area contributed by atoms with Gasteiger partial charge in [0.15, 0.2) is 0 Å². The van der Waals surface area contributed by atoms with Gasteiger partial charge in [-0.2, -0.15) is 10.4 Å². The Balaban J connectivity index is 1.57. The van der Waals surface area contributed by atoms with Crippen molar-refractivity contribution in [2.75, 3.05) is 0 Å². The molecule has 0 aliphatic rings. The molecule has 5 nitrogen and oxygen atoms in total. The van der Waals surface area contributed by atoms with Crippen LogP contribution < -0.4 is 5.43 Å². The first-order valence-electron chi connectivity index (χ1n) is 9.30. The van der Waals surface area contributed by atoms with E-state index in [1.807, 2.05) is 48.7 Å². The van der Waals surface area contributed by atoms with Crippen LogP contribution in [0.15, 0.2) is 84.1 Å². The maximum atomic E-state index is 13.0. The van der Waals surface area contributed by atoms with Crippen LogP contribution in [0.5, 0.6) is 0 Å². The van der Waals surface area contributed by atoms with E-state index >= 15 is 0 Å². The van der Waals surface area contributed by atoms with Gasteiger partial charge in [-0.3, -0.25) is 4.79 Å². The summed E-state index contributed by atoms with van der Waals surface area (Å²) in [4.78, 5) is 12.1. The number of halogens is 1. The zero-order valence-corrected chi connectivity index (χ0v) is 15.9. The lowest BCUT2D eigenvalue weighted by Gasteiger charge is -2.05. The molecule has 0 bridgehead atoms. The largest absolute Gasteiger partial charge is 0.342 e. The summed E-state index contributed by atoms with van der Waals surface area (Å²) in [7, 11) is 0. The van der Waals surface area contributed by atoms with Crippen molar-refractivity contribution >= 4 is 23.0 Å². The second-order valence-electron chi connectivity index (χ2n) is 6.75. The normalized spacial score (nSPS) is 10.9. The van der Waals surface area contributed by atoms with Crippen molar-refractivity contribution in [3.63, 3.8) is 0 Å². The van der Waals surface area contributed by atoms with Gasteiger partial charge in [0.05, 0.1) is 17.8 Å². The van der Waals surface area contributed by atoms with E-state index in [0.717, 1.165) is 22.0 Å². The van der Waals surface area contributed by atoms with Gasteiger partial charge in [-0.15, -0.1) is 0 Å². The molecular formula is C24H17FN4O. The van der Waals surface area contributed by atoms with Gasteiger partial charge >= 0.3 is 0 Å². The number of aromatic nitrogens is 1. The summed E-state index contributed by atoms with van der Waals surface area (Å²) in [5.74, 6) is -0.813. The molecule has 0 aliphatic heterocycles. The lowest BCUT2D eigenvalue weighted by molar-refractivity contribution is 0.0955. The second-order valence-corrected chi connectivity index (χ2v) is 6.75. The predicted octanol–water partition coefficient (Wildman–Crippen LogP) is 4.46. The SMILES string of the molecule is N#Cc1cccc(Cn2cc(/C=N\NC(=O)c3ccc(F)cc3)c3ccccc32)c1. The van der Waals surface area contributed by atoms with E-state index in [1.165, 1.54) is 24.3 Å². The van der Waals surface area contributed by atoms with Crippen LogP contribution in [-0.4, -0.2) is 16.7 Å². The van der Waals surface area contributed by atoms with E-state index in [1.54, 1.807) is 12.3 Å². The van der Waals surface area contributed by atoms with Crippen molar-refractivity contribution in [1.82, 2.24) is 9.99 Å². The van der Waals surface area contributed by atoms with Gasteiger partial charge in [-0.05, 0) is 48.0 Å². The van der Waals surface area contributed by atoms with Crippen LogP contribution in [0.1, 0.15) is 27.0 Å². The third-order valence-electron chi connectivity index (χ3n) is 4.70. The number of carbonyl (C=O) groups excluding carboxylic acids is 1. The number of amides is 1. The minimum absolute atomic E-state index is 0.327. The molecule has 0 spiro atoms. The monoisotopic (exact) mass is 396 g/mol. The third-order valence-corrected chi connectivity index (χ3v) is 4.70. The summed E-state index contributed by atoms with van der Waals surface area (Å²) in [5.41, 5.74) is 6.30. The summed E-state index contributed by atoms with van der Waals surface area (Å²) in [5, 5.41) is 14.2. The Morgan fingerprint density at radius 2 is 1.90 bits per heavy atom. The zero-order valence-electron chi connectivity index (χ0n) is 15.9. The number of hydrogen-bond acceptors (Lipinski definition) is 3. The highest BCUT2D eigenvalue weighted by atomic mass is 19.1. The fraction of sp³-hybridized carbons (Fsp3) is 0.0417. The number of rotatable bonds is 5. The summed E-state index contributed by atoms with van der Waals surface area (Å²) in [6.07, 6.45) is 3.54. The number of nitriles is 1. The molecule has 146 valence electrons. The van der Waals surface area contributed by atoms with Gasteiger partial charge in [0.1, 0.15) is 5.82 Å². The Morgan fingerprint density at radius 3 is 2.70 bits per heavy atom. The van der Waals surface area contributed by atoms with Crippen molar-refractivity contribution in [3.05, 3.63) is 107 Å². The Bertz CT molecular complexity index is 1280. The topological polar surface area (TPSA) is 70.2 Å². The molecular weight excluding hydrogens is 379 g/mol. The molecule has 3 aromatic carbocycles. The summed E-state index contributed by atoms with van der Waals surface area (Å²) < 4.78 is 15.1. The number of fused-ring (bicyclic) bond motifs is 1. The van der Waals surface area contributed by atoms with E-state index in [0.29, 0.717) is 17.7 Å². The average molecular weight is 396 g/mol. The van der Waals surface area contributed by atoms with Crippen LogP contribution in [-0.2, 0) is 6.54 Å². The Labute approximate surface area is 172 Å². The summed E-state index contributed by atoms with van der Waals surface area (Å²) in [6, 6.07) is 22.8. The molecule has 0 saturated heterocycles. The molecule has 30 heavy (non-hydrogen) atoms. The van der Waals surface area contributed by atoms with Crippen molar-refractivity contribution in [3.8, 4) is 6.07 Å². The number of para-hydroxylation sites is 1. The Hall–Kier alpha value is -4.24. The highest BCUT2D eigenvalue weighted by molar-refractivity contribution is 6.00. The first-order valence-corrected chi connectivity index (χ1v) is 9.30. The van der Waals surface area contributed by atoms with Crippen LogP contribution in [0.3, 0.4) is 0 Å². The summed E-state index contributed by atoms with van der Waals surface area (Å²) >= 11 is 0. The van der Waals surface area contributed by atoms with Crippen molar-refractivity contribution in [1.29, 1.82) is 5.26 Å². The molecule has 0 atom stereocenters. The maximum Gasteiger partial charge on any atom is 0.271 e. The molecule has 1 heterocycles. The third kappa shape index (κ3) is 4.10. The maximum absolute atomic E-state index is 13.0. The Kier molecular flexibility index (Phi) is 5.35. The first kappa shape index (κ1) is 19.1. The number of nitrogens with zero attached hydrogens (tertiary/aromatic N) is 3. The molecule has 0 radical (unpaired) electrons. The smallest absolute Gasteiger partial charge is 0.271 e. The van der Waals surface area contributed by atoms with Gasteiger partial charge < -0.3 is 4.57 Å². The standard InChI is InChI=1S/C24H17FN4O/c25-21-10-8-19(9-11-21)24(30)28-27-14-20-16-29(23-7-2-1-6-22(20)23)15-18-5-3-4-17(12-18)13-26/h1-12,14,16H,15H2,(H,28,30)/b27-14-. The van der Waals surface area contributed by atoms with Crippen LogP contribution in [0.4, 0.5) is 4.39 Å². The fourth-order valence-corrected chi connectivity index (χ4v) is 3.27. The second kappa shape index (κ2) is 8.41. The molecule has 0 aliphatic carbocycles. The van der Waals surface area contributed by atoms with Crippen LogP contribution in [0.2, 0.25) is 0 Å². The molecule has 4 rings (SSSR count). The highest BCUT2D eigenvalue weighted by Crippen LogP contribution is 2.21.